The van der Waals surface area contributed by atoms with E-state index >= 15 is 0 Å². The summed E-state index contributed by atoms with van der Waals surface area (Å²) >= 11 is 6.08. The van der Waals surface area contributed by atoms with Crippen LogP contribution in [0.1, 0.15) is 39.0 Å². The third-order valence-corrected chi connectivity index (χ3v) is 8.34. The van der Waals surface area contributed by atoms with Gasteiger partial charge in [-0.3, -0.25) is 9.69 Å². The summed E-state index contributed by atoms with van der Waals surface area (Å²) < 4.78 is 27.1. The molecule has 1 aliphatic heterocycles. The van der Waals surface area contributed by atoms with Gasteiger partial charge in [0.25, 0.3) is 0 Å². The average Bonchev–Trinajstić information content (AvgIpc) is 2.72. The van der Waals surface area contributed by atoms with E-state index in [4.69, 9.17) is 11.6 Å². The van der Waals surface area contributed by atoms with Crippen LogP contribution in [0.15, 0.2) is 29.2 Å². The molecule has 8 heteroatoms. The lowest BCUT2D eigenvalue weighted by molar-refractivity contribution is -0.126. The molecule has 0 aromatic heterocycles. The van der Waals surface area contributed by atoms with Crippen molar-refractivity contribution < 1.29 is 13.2 Å². The van der Waals surface area contributed by atoms with E-state index < -0.39 is 10.0 Å². The number of hydrogen-bond donors (Lipinski definition) is 1. The third-order valence-electron chi connectivity index (χ3n) is 5.94. The van der Waals surface area contributed by atoms with Gasteiger partial charge in [0.1, 0.15) is 4.90 Å². The molecular formula is C20H30ClN3O3S. The fraction of sp³-hybridized carbons (Fsp3) is 0.650. The van der Waals surface area contributed by atoms with E-state index in [-0.39, 0.29) is 21.9 Å². The summed E-state index contributed by atoms with van der Waals surface area (Å²) in [5.74, 6) is 0.635. The number of carbonyl (C=O) groups is 1. The number of hydrogen-bond acceptors (Lipinski definition) is 4. The summed E-state index contributed by atoms with van der Waals surface area (Å²) in [5, 5.41) is 3.33. The quantitative estimate of drug-likeness (QED) is 0.757. The molecule has 1 N–H and O–H groups in total. The lowest BCUT2D eigenvalue weighted by atomic mass is 9.89. The SMILES string of the molecule is C[C@H](C(=O)NCC1CCCCC1)N1CCN(S(=O)(=O)c2ccccc2Cl)CC1. The zero-order valence-electron chi connectivity index (χ0n) is 16.4. The topological polar surface area (TPSA) is 69.7 Å². The normalized spacial score (nSPS) is 21.4. The first-order chi connectivity index (χ1) is 13.4. The Morgan fingerprint density at radius 3 is 2.43 bits per heavy atom. The van der Waals surface area contributed by atoms with E-state index in [2.05, 4.69) is 10.2 Å². The number of piperazine rings is 1. The van der Waals surface area contributed by atoms with E-state index in [1.165, 1.54) is 42.5 Å². The van der Waals surface area contributed by atoms with E-state index in [0.717, 1.165) is 6.54 Å². The van der Waals surface area contributed by atoms with Crippen LogP contribution in [-0.2, 0) is 14.8 Å². The monoisotopic (exact) mass is 427 g/mol. The Morgan fingerprint density at radius 2 is 1.79 bits per heavy atom. The molecule has 1 atom stereocenters. The van der Waals surface area contributed by atoms with Crippen molar-refractivity contribution in [1.82, 2.24) is 14.5 Å². The van der Waals surface area contributed by atoms with Gasteiger partial charge in [0.2, 0.25) is 15.9 Å². The number of nitrogens with one attached hydrogen (secondary N) is 1. The molecule has 3 rings (SSSR count). The standard InChI is InChI=1S/C20H30ClN3O3S/c1-16(20(25)22-15-17-7-3-2-4-8-17)23-11-13-24(14-12-23)28(26,27)19-10-6-5-9-18(19)21/h5-6,9-10,16-17H,2-4,7-8,11-15H2,1H3,(H,22,25)/t16-/m1/s1. The average molecular weight is 428 g/mol. The molecule has 0 unspecified atom stereocenters. The first-order valence-corrected chi connectivity index (χ1v) is 12.0. The Morgan fingerprint density at radius 1 is 1.14 bits per heavy atom. The van der Waals surface area contributed by atoms with Crippen LogP contribution in [0.3, 0.4) is 0 Å². The predicted octanol–water partition coefficient (Wildman–Crippen LogP) is 2.73. The summed E-state index contributed by atoms with van der Waals surface area (Å²) in [6.07, 6.45) is 6.23. The van der Waals surface area contributed by atoms with Crippen LogP contribution < -0.4 is 5.32 Å². The summed E-state index contributed by atoms with van der Waals surface area (Å²) in [6.45, 7) is 4.42. The minimum absolute atomic E-state index is 0.0352. The summed E-state index contributed by atoms with van der Waals surface area (Å²) in [5.41, 5.74) is 0. The summed E-state index contributed by atoms with van der Waals surface area (Å²) in [7, 11) is -3.61. The maximum absolute atomic E-state index is 12.8. The summed E-state index contributed by atoms with van der Waals surface area (Å²) in [4.78, 5) is 14.7. The highest BCUT2D eigenvalue weighted by molar-refractivity contribution is 7.89. The Hall–Kier alpha value is -1.15. The Balaban J connectivity index is 1.51. The largest absolute Gasteiger partial charge is 0.354 e. The van der Waals surface area contributed by atoms with Crippen LogP contribution in [-0.4, -0.2) is 62.3 Å². The second-order valence-corrected chi connectivity index (χ2v) is 10.1. The molecule has 156 valence electrons. The molecule has 1 aromatic rings. The van der Waals surface area contributed by atoms with Crippen LogP contribution in [0.4, 0.5) is 0 Å². The van der Waals surface area contributed by atoms with Gasteiger partial charge < -0.3 is 5.32 Å². The number of amides is 1. The first kappa shape index (κ1) is 21.6. The van der Waals surface area contributed by atoms with Crippen molar-refractivity contribution in [3.8, 4) is 0 Å². The fourth-order valence-corrected chi connectivity index (χ4v) is 5.99. The second kappa shape index (κ2) is 9.57. The van der Waals surface area contributed by atoms with Crippen molar-refractivity contribution >= 4 is 27.5 Å². The van der Waals surface area contributed by atoms with Crippen LogP contribution in [0.2, 0.25) is 5.02 Å². The molecule has 1 saturated heterocycles. The van der Waals surface area contributed by atoms with Gasteiger partial charge in [0.05, 0.1) is 11.1 Å². The number of rotatable bonds is 6. The van der Waals surface area contributed by atoms with E-state index in [9.17, 15) is 13.2 Å². The lowest BCUT2D eigenvalue weighted by Crippen LogP contribution is -2.55. The Labute approximate surface area is 173 Å². The molecule has 2 fully saturated rings. The highest BCUT2D eigenvalue weighted by Crippen LogP contribution is 2.25. The minimum Gasteiger partial charge on any atom is -0.354 e. The zero-order valence-corrected chi connectivity index (χ0v) is 18.0. The van der Waals surface area contributed by atoms with Gasteiger partial charge in [-0.05, 0) is 37.8 Å². The van der Waals surface area contributed by atoms with Crippen LogP contribution in [0, 0.1) is 5.92 Å². The van der Waals surface area contributed by atoms with Gasteiger partial charge >= 0.3 is 0 Å². The van der Waals surface area contributed by atoms with Crippen molar-refractivity contribution in [1.29, 1.82) is 0 Å². The first-order valence-electron chi connectivity index (χ1n) is 10.2. The Bertz CT molecular complexity index is 773. The molecule has 1 aromatic carbocycles. The number of halogens is 1. The maximum Gasteiger partial charge on any atom is 0.244 e. The second-order valence-electron chi connectivity index (χ2n) is 7.80. The molecule has 1 heterocycles. The van der Waals surface area contributed by atoms with Gasteiger partial charge in [0.15, 0.2) is 0 Å². The molecule has 0 radical (unpaired) electrons. The molecule has 0 spiro atoms. The van der Waals surface area contributed by atoms with Gasteiger partial charge in [-0.15, -0.1) is 0 Å². The van der Waals surface area contributed by atoms with E-state index in [1.807, 2.05) is 6.92 Å². The third kappa shape index (κ3) is 5.06. The van der Waals surface area contributed by atoms with Crippen molar-refractivity contribution in [3.63, 3.8) is 0 Å². The molecule has 28 heavy (non-hydrogen) atoms. The van der Waals surface area contributed by atoms with Crippen LogP contribution in [0.5, 0.6) is 0 Å². The highest BCUT2D eigenvalue weighted by Gasteiger charge is 2.32. The molecule has 1 amide bonds. The fourth-order valence-electron chi connectivity index (χ4n) is 4.07. The van der Waals surface area contributed by atoms with Crippen LogP contribution in [0.25, 0.3) is 0 Å². The van der Waals surface area contributed by atoms with Gasteiger partial charge in [0, 0.05) is 32.7 Å². The van der Waals surface area contributed by atoms with Gasteiger partial charge in [-0.25, -0.2) is 8.42 Å². The Kier molecular flexibility index (Phi) is 7.36. The molecule has 6 nitrogen and oxygen atoms in total. The minimum atomic E-state index is -3.61. The molecular weight excluding hydrogens is 398 g/mol. The number of carbonyl (C=O) groups excluding carboxylic acids is 1. The van der Waals surface area contributed by atoms with Gasteiger partial charge in [-0.1, -0.05) is 43.0 Å². The lowest BCUT2D eigenvalue weighted by Gasteiger charge is -2.37. The van der Waals surface area contributed by atoms with Gasteiger partial charge in [-0.2, -0.15) is 4.31 Å². The molecule has 2 aliphatic rings. The van der Waals surface area contributed by atoms with E-state index in [0.29, 0.717) is 32.1 Å². The van der Waals surface area contributed by atoms with E-state index in [1.54, 1.807) is 18.2 Å². The predicted molar refractivity (Wildman–Crippen MR) is 111 cm³/mol. The molecule has 1 saturated carbocycles. The van der Waals surface area contributed by atoms with Crippen molar-refractivity contribution in [2.24, 2.45) is 5.92 Å². The summed E-state index contributed by atoms with van der Waals surface area (Å²) in [6, 6.07) is 6.25. The highest BCUT2D eigenvalue weighted by atomic mass is 35.5. The molecule has 0 bridgehead atoms. The van der Waals surface area contributed by atoms with Crippen molar-refractivity contribution in [2.75, 3.05) is 32.7 Å². The smallest absolute Gasteiger partial charge is 0.244 e. The maximum atomic E-state index is 12.8. The number of benzene rings is 1. The van der Waals surface area contributed by atoms with Crippen molar-refractivity contribution in [3.05, 3.63) is 29.3 Å². The molecule has 1 aliphatic carbocycles. The number of sulfonamides is 1. The zero-order chi connectivity index (χ0) is 20.1. The van der Waals surface area contributed by atoms with Crippen LogP contribution >= 0.6 is 11.6 Å². The van der Waals surface area contributed by atoms with Crippen molar-refractivity contribution in [2.45, 2.75) is 50.0 Å². The number of nitrogens with zero attached hydrogens (tertiary/aromatic N) is 2.